The van der Waals surface area contributed by atoms with Gasteiger partial charge in [0.1, 0.15) is 11.5 Å². The Morgan fingerprint density at radius 2 is 1.43 bits per heavy atom. The van der Waals surface area contributed by atoms with E-state index in [0.717, 1.165) is 11.1 Å². The van der Waals surface area contributed by atoms with Gasteiger partial charge in [-0.15, -0.1) is 0 Å². The molecule has 2 amide bonds. The fourth-order valence-corrected chi connectivity index (χ4v) is 2.68. The van der Waals surface area contributed by atoms with Gasteiger partial charge >= 0.3 is 23.1 Å². The molecule has 159 valence electrons. The third kappa shape index (κ3) is 7.44. The monoisotopic (exact) mass is 473 g/mol. The van der Waals surface area contributed by atoms with Crippen LogP contribution in [-0.2, 0) is 30.2 Å². The van der Waals surface area contributed by atoms with E-state index in [0.29, 0.717) is 18.7 Å². The van der Waals surface area contributed by atoms with E-state index in [4.69, 9.17) is 0 Å². The van der Waals surface area contributed by atoms with Gasteiger partial charge in [-0.25, -0.2) is 10.2 Å². The number of benzene rings is 3. The molecule has 3 aromatic carbocycles. The van der Waals surface area contributed by atoms with E-state index in [1.165, 1.54) is 24.4 Å². The van der Waals surface area contributed by atoms with Gasteiger partial charge < -0.3 is 27.5 Å². The smallest absolute Gasteiger partial charge is 1.00 e. The Labute approximate surface area is 192 Å². The van der Waals surface area contributed by atoms with E-state index in [2.05, 4.69) is 10.5 Å². The van der Waals surface area contributed by atoms with Gasteiger partial charge in [-0.05, 0) is 23.3 Å². The first-order valence-electron chi connectivity index (χ1n) is 8.79. The number of hydrazone groups is 1. The van der Waals surface area contributed by atoms with Gasteiger partial charge in [-0.3, -0.25) is 0 Å². The van der Waals surface area contributed by atoms with E-state index >= 15 is 0 Å². The second kappa shape index (κ2) is 12.5. The average molecular weight is 474 g/mol. The van der Waals surface area contributed by atoms with Gasteiger partial charge in [0.25, 0.3) is 0 Å². The van der Waals surface area contributed by atoms with Gasteiger partial charge in [0.2, 0.25) is 0 Å². The summed E-state index contributed by atoms with van der Waals surface area (Å²) in [5.74, 6) is -0.168. The number of nitrogens with zero attached hydrogens (tertiary/aromatic N) is 2. The van der Waals surface area contributed by atoms with Crippen molar-refractivity contribution in [3.8, 4) is 11.5 Å². The quantitative estimate of drug-likeness (QED) is 0.281. The van der Waals surface area contributed by atoms with Crippen LogP contribution in [0.2, 0.25) is 0 Å². The van der Waals surface area contributed by atoms with Crippen molar-refractivity contribution in [1.82, 2.24) is 10.3 Å². The summed E-state index contributed by atoms with van der Waals surface area (Å²) in [5, 5.41) is 23.0. The number of carbonyl (C=O) groups excluding carboxylic acids is 1. The minimum atomic E-state index is -0.359. The molecule has 3 rings (SSSR count). The number of urea groups is 1. The van der Waals surface area contributed by atoms with E-state index in [1.54, 1.807) is 4.90 Å². The minimum Gasteiger partial charge on any atom is -1.00 e. The standard InChI is InChI=1S/C22H21N3O3.ClH.Cu/c26-20-12-11-19(21(27)13-20)14-23-24-22(28)25(15-17-7-3-1-4-8-17)16-18-9-5-2-6-10-18;;/h1-14,26-27H,15-16H2,(H,24,28);1H;/q;;+2/p-1/b23-14+;;. The zero-order valence-electron chi connectivity index (χ0n) is 15.9. The second-order valence-electron chi connectivity index (χ2n) is 6.25. The van der Waals surface area contributed by atoms with Gasteiger partial charge in [-0.2, -0.15) is 5.10 Å². The van der Waals surface area contributed by atoms with Crippen molar-refractivity contribution in [2.24, 2.45) is 5.10 Å². The van der Waals surface area contributed by atoms with Crippen LogP contribution in [0.4, 0.5) is 4.79 Å². The van der Waals surface area contributed by atoms with Crippen molar-refractivity contribution < 1.29 is 44.5 Å². The normalized spacial score (nSPS) is 10.0. The van der Waals surface area contributed by atoms with E-state index < -0.39 is 0 Å². The van der Waals surface area contributed by atoms with Crippen LogP contribution in [-0.4, -0.2) is 27.4 Å². The maximum atomic E-state index is 12.7. The summed E-state index contributed by atoms with van der Waals surface area (Å²) in [6.45, 7) is 0.864. The molecule has 0 unspecified atom stereocenters. The van der Waals surface area contributed by atoms with E-state index in [9.17, 15) is 15.0 Å². The molecule has 1 radical (unpaired) electrons. The minimum absolute atomic E-state index is 0. The average Bonchev–Trinajstić information content (AvgIpc) is 2.70. The largest absolute Gasteiger partial charge is 2.00 e. The first kappa shape index (κ1) is 25.0. The Balaban J connectivity index is 0.00000225. The summed E-state index contributed by atoms with van der Waals surface area (Å²) in [4.78, 5) is 14.3. The second-order valence-corrected chi connectivity index (χ2v) is 6.25. The summed E-state index contributed by atoms with van der Waals surface area (Å²) in [5.41, 5.74) is 4.90. The van der Waals surface area contributed by atoms with Crippen molar-refractivity contribution in [1.29, 1.82) is 0 Å². The predicted octanol–water partition coefficient (Wildman–Crippen LogP) is 0.845. The number of nitrogens with one attached hydrogen (secondary N) is 1. The SMILES string of the molecule is O=C(N/N=C/c1ccc(O)cc1O)N(Cc1ccccc1)Cc1ccccc1.[Cl-].[Cu+2]. The maximum absolute atomic E-state index is 12.7. The Morgan fingerprint density at radius 3 is 1.93 bits per heavy atom. The molecule has 0 saturated heterocycles. The Morgan fingerprint density at radius 1 is 0.900 bits per heavy atom. The number of aromatic hydroxyl groups is 2. The molecule has 0 spiro atoms. The molecular formula is C22H21ClCuN3O3+. The molecule has 3 aromatic rings. The zero-order chi connectivity index (χ0) is 19.8. The Bertz CT molecular complexity index is 915. The van der Waals surface area contributed by atoms with Crippen LogP contribution in [0, 0.1) is 0 Å². The topological polar surface area (TPSA) is 85.2 Å². The van der Waals surface area contributed by atoms with Crippen LogP contribution in [0.1, 0.15) is 16.7 Å². The summed E-state index contributed by atoms with van der Waals surface area (Å²) in [6.07, 6.45) is 1.33. The molecule has 0 heterocycles. The molecule has 0 aliphatic carbocycles. The number of hydrogen-bond acceptors (Lipinski definition) is 4. The van der Waals surface area contributed by atoms with Crippen LogP contribution in [0.3, 0.4) is 0 Å². The van der Waals surface area contributed by atoms with Crippen molar-refractivity contribution in [3.63, 3.8) is 0 Å². The van der Waals surface area contributed by atoms with Crippen molar-refractivity contribution in [2.75, 3.05) is 0 Å². The molecule has 0 aliphatic rings. The summed E-state index contributed by atoms with van der Waals surface area (Å²) < 4.78 is 0. The Hall–Kier alpha value is -2.99. The van der Waals surface area contributed by atoms with Crippen molar-refractivity contribution >= 4 is 12.2 Å². The van der Waals surface area contributed by atoms with Gasteiger partial charge in [0.15, 0.2) is 0 Å². The van der Waals surface area contributed by atoms with Gasteiger partial charge in [-0.1, -0.05) is 60.7 Å². The predicted molar refractivity (Wildman–Crippen MR) is 108 cm³/mol. The first-order chi connectivity index (χ1) is 13.6. The summed E-state index contributed by atoms with van der Waals surface area (Å²) in [6, 6.07) is 23.2. The van der Waals surface area contributed by atoms with Crippen LogP contribution in [0.25, 0.3) is 0 Å². The number of rotatable bonds is 6. The number of phenolic OH excluding ortho intramolecular Hbond substituents is 2. The molecule has 8 heteroatoms. The first-order valence-corrected chi connectivity index (χ1v) is 8.79. The molecule has 0 bridgehead atoms. The Kier molecular flexibility index (Phi) is 10.5. The van der Waals surface area contributed by atoms with Crippen LogP contribution >= 0.6 is 0 Å². The molecule has 0 atom stereocenters. The molecule has 0 aliphatic heterocycles. The molecule has 6 nitrogen and oxygen atoms in total. The van der Waals surface area contributed by atoms with Crippen LogP contribution < -0.4 is 17.8 Å². The van der Waals surface area contributed by atoms with E-state index in [1.807, 2.05) is 60.7 Å². The number of halogens is 1. The molecular weight excluding hydrogens is 453 g/mol. The molecule has 0 fully saturated rings. The molecule has 0 saturated carbocycles. The number of carbonyl (C=O) groups is 1. The zero-order valence-corrected chi connectivity index (χ0v) is 17.6. The van der Waals surface area contributed by atoms with Crippen LogP contribution in [0.15, 0.2) is 84.0 Å². The third-order valence-corrected chi connectivity index (χ3v) is 4.10. The number of phenols is 2. The van der Waals surface area contributed by atoms with Gasteiger partial charge in [0.05, 0.1) is 6.21 Å². The number of amides is 2. The third-order valence-electron chi connectivity index (χ3n) is 4.10. The maximum Gasteiger partial charge on any atom is 2.00 e. The van der Waals surface area contributed by atoms with E-state index in [-0.39, 0.29) is 47.0 Å². The van der Waals surface area contributed by atoms with Crippen molar-refractivity contribution in [3.05, 3.63) is 95.6 Å². The molecule has 30 heavy (non-hydrogen) atoms. The summed E-state index contributed by atoms with van der Waals surface area (Å²) >= 11 is 0. The van der Waals surface area contributed by atoms with Crippen molar-refractivity contribution in [2.45, 2.75) is 13.1 Å². The molecule has 0 aromatic heterocycles. The molecule has 3 N–H and O–H groups in total. The van der Waals surface area contributed by atoms with Crippen LogP contribution in [0.5, 0.6) is 11.5 Å². The number of hydrogen-bond donors (Lipinski definition) is 3. The van der Waals surface area contributed by atoms with Gasteiger partial charge in [0, 0.05) is 24.7 Å². The fourth-order valence-electron chi connectivity index (χ4n) is 2.68. The fraction of sp³-hybridized carbons (Fsp3) is 0.0909. The summed E-state index contributed by atoms with van der Waals surface area (Å²) in [7, 11) is 0.